The number of hydrogen-bond acceptors (Lipinski definition) is 0. The Morgan fingerprint density at radius 1 is 0.500 bits per heavy atom. The molecular weight excluding hydrogens is 192 g/mol. The number of rotatable bonds is 0. The molecule has 3 aromatic carbocycles. The summed E-state index contributed by atoms with van der Waals surface area (Å²) in [5, 5.41) is 5.30. The Bertz CT molecular complexity index is 539. The van der Waals surface area contributed by atoms with Crippen LogP contribution in [0.4, 0.5) is 0 Å². The average molecular weight is 208 g/mol. The van der Waals surface area contributed by atoms with Gasteiger partial charge in [-0.25, -0.2) is 0 Å². The van der Waals surface area contributed by atoms with Crippen LogP contribution in [-0.4, -0.2) is 0 Å². The molecule has 0 radical (unpaired) electrons. The fourth-order valence-electron chi connectivity index (χ4n) is 1.95. The van der Waals surface area contributed by atoms with Gasteiger partial charge in [0.15, 0.2) is 0 Å². The Hall–Kier alpha value is -1.82. The highest BCUT2D eigenvalue weighted by molar-refractivity contribution is 6.07. The molecule has 0 aromatic heterocycles. The van der Waals surface area contributed by atoms with Crippen LogP contribution in [0.15, 0.2) is 60.7 Å². The van der Waals surface area contributed by atoms with Crippen LogP contribution in [-0.2, 0) is 0 Å². The molecular formula is C16H16. The number of fused-ring (bicyclic) bond motifs is 3. The van der Waals surface area contributed by atoms with Crippen LogP contribution in [0.2, 0.25) is 0 Å². The van der Waals surface area contributed by atoms with Crippen molar-refractivity contribution in [1.29, 1.82) is 0 Å². The average Bonchev–Trinajstić information content (AvgIpc) is 2.41. The predicted octanol–water partition coefficient (Wildman–Crippen LogP) is 5.02. The van der Waals surface area contributed by atoms with Gasteiger partial charge in [-0.3, -0.25) is 0 Å². The van der Waals surface area contributed by atoms with Crippen molar-refractivity contribution in [3.05, 3.63) is 60.7 Å². The van der Waals surface area contributed by atoms with Crippen molar-refractivity contribution < 1.29 is 0 Å². The summed E-state index contributed by atoms with van der Waals surface area (Å²) >= 11 is 0. The van der Waals surface area contributed by atoms with E-state index in [1.165, 1.54) is 21.5 Å². The normalized spacial score (nSPS) is 9.88. The van der Waals surface area contributed by atoms with Gasteiger partial charge in [0, 0.05) is 0 Å². The van der Waals surface area contributed by atoms with E-state index in [1.54, 1.807) is 0 Å². The van der Waals surface area contributed by atoms with Gasteiger partial charge in [-0.2, -0.15) is 0 Å². The molecule has 0 unspecified atom stereocenters. The van der Waals surface area contributed by atoms with Crippen LogP contribution in [0.25, 0.3) is 21.5 Å². The third-order valence-corrected chi connectivity index (χ3v) is 2.65. The SMILES string of the molecule is CC.c1ccc2c(c1)ccc1ccccc12. The van der Waals surface area contributed by atoms with E-state index in [0.29, 0.717) is 0 Å². The van der Waals surface area contributed by atoms with Crippen LogP contribution in [0.3, 0.4) is 0 Å². The van der Waals surface area contributed by atoms with E-state index in [4.69, 9.17) is 0 Å². The minimum Gasteiger partial charge on any atom is -0.0683 e. The van der Waals surface area contributed by atoms with Crippen LogP contribution in [0, 0.1) is 0 Å². The summed E-state index contributed by atoms with van der Waals surface area (Å²) in [6.45, 7) is 4.00. The maximum atomic E-state index is 2.18. The third kappa shape index (κ3) is 1.79. The summed E-state index contributed by atoms with van der Waals surface area (Å²) in [4.78, 5) is 0. The van der Waals surface area contributed by atoms with E-state index in [0.717, 1.165) is 0 Å². The van der Waals surface area contributed by atoms with Crippen molar-refractivity contribution in [1.82, 2.24) is 0 Å². The Kier molecular flexibility index (Phi) is 3.21. The Morgan fingerprint density at radius 3 is 1.31 bits per heavy atom. The molecule has 0 saturated heterocycles. The topological polar surface area (TPSA) is 0 Å². The standard InChI is InChI=1S/C14H10.C2H6/c1-3-7-13-11(5-1)9-10-12-6-2-4-8-14(12)13;1-2/h1-10H;1-2H3. The van der Waals surface area contributed by atoms with E-state index in [2.05, 4.69) is 60.7 Å². The highest BCUT2D eigenvalue weighted by Crippen LogP contribution is 2.24. The van der Waals surface area contributed by atoms with Crippen molar-refractivity contribution in [2.45, 2.75) is 13.8 Å². The van der Waals surface area contributed by atoms with Gasteiger partial charge < -0.3 is 0 Å². The second kappa shape index (κ2) is 4.80. The molecule has 0 N–H and O–H groups in total. The van der Waals surface area contributed by atoms with Crippen LogP contribution >= 0.6 is 0 Å². The van der Waals surface area contributed by atoms with Gasteiger partial charge in [0.1, 0.15) is 0 Å². The number of hydrogen-bond donors (Lipinski definition) is 0. The van der Waals surface area contributed by atoms with Gasteiger partial charge in [0.2, 0.25) is 0 Å². The third-order valence-electron chi connectivity index (χ3n) is 2.65. The smallest absolute Gasteiger partial charge is 0.0105 e. The lowest BCUT2D eigenvalue weighted by atomic mass is 10.0. The molecule has 0 saturated carbocycles. The van der Waals surface area contributed by atoms with Crippen molar-refractivity contribution in [3.63, 3.8) is 0 Å². The molecule has 0 bridgehead atoms. The van der Waals surface area contributed by atoms with E-state index in [-0.39, 0.29) is 0 Å². The molecule has 0 fully saturated rings. The molecule has 0 amide bonds. The molecule has 0 aliphatic carbocycles. The van der Waals surface area contributed by atoms with E-state index >= 15 is 0 Å². The van der Waals surface area contributed by atoms with Gasteiger partial charge in [0.25, 0.3) is 0 Å². The molecule has 0 aliphatic rings. The monoisotopic (exact) mass is 208 g/mol. The lowest BCUT2D eigenvalue weighted by Crippen LogP contribution is -1.75. The van der Waals surface area contributed by atoms with Crippen LogP contribution in [0.5, 0.6) is 0 Å². The molecule has 0 heteroatoms. The Balaban J connectivity index is 0.000000457. The minimum absolute atomic E-state index is 1.31. The zero-order valence-electron chi connectivity index (χ0n) is 9.77. The maximum Gasteiger partial charge on any atom is -0.0105 e. The molecule has 0 aliphatic heterocycles. The second-order valence-corrected chi connectivity index (χ2v) is 3.51. The second-order valence-electron chi connectivity index (χ2n) is 3.51. The molecule has 0 atom stereocenters. The van der Waals surface area contributed by atoms with E-state index < -0.39 is 0 Å². The molecule has 3 aromatic rings. The first-order valence-electron chi connectivity index (χ1n) is 5.82. The van der Waals surface area contributed by atoms with Gasteiger partial charge in [0.05, 0.1) is 0 Å². The molecule has 0 spiro atoms. The van der Waals surface area contributed by atoms with Gasteiger partial charge in [-0.15, -0.1) is 0 Å². The number of benzene rings is 3. The predicted molar refractivity (Wildman–Crippen MR) is 72.8 cm³/mol. The van der Waals surface area contributed by atoms with Gasteiger partial charge >= 0.3 is 0 Å². The summed E-state index contributed by atoms with van der Waals surface area (Å²) in [5.41, 5.74) is 0. The molecule has 0 heterocycles. The summed E-state index contributed by atoms with van der Waals surface area (Å²) in [6.07, 6.45) is 0. The van der Waals surface area contributed by atoms with Crippen LogP contribution in [0.1, 0.15) is 13.8 Å². The summed E-state index contributed by atoms with van der Waals surface area (Å²) < 4.78 is 0. The molecule has 80 valence electrons. The van der Waals surface area contributed by atoms with E-state index in [1.807, 2.05) is 13.8 Å². The fourth-order valence-corrected chi connectivity index (χ4v) is 1.95. The van der Waals surface area contributed by atoms with Crippen molar-refractivity contribution in [3.8, 4) is 0 Å². The maximum absolute atomic E-state index is 2.18. The molecule has 0 nitrogen and oxygen atoms in total. The lowest BCUT2D eigenvalue weighted by molar-refractivity contribution is 1.50. The Labute approximate surface area is 96.5 Å². The van der Waals surface area contributed by atoms with E-state index in [9.17, 15) is 0 Å². The van der Waals surface area contributed by atoms with Gasteiger partial charge in [-0.05, 0) is 21.5 Å². The van der Waals surface area contributed by atoms with Gasteiger partial charge in [-0.1, -0.05) is 74.5 Å². The zero-order chi connectivity index (χ0) is 11.4. The first kappa shape index (κ1) is 10.7. The highest BCUT2D eigenvalue weighted by Gasteiger charge is 1.97. The highest BCUT2D eigenvalue weighted by atomic mass is 14.0. The van der Waals surface area contributed by atoms with Crippen molar-refractivity contribution in [2.75, 3.05) is 0 Å². The van der Waals surface area contributed by atoms with Crippen LogP contribution < -0.4 is 0 Å². The lowest BCUT2D eigenvalue weighted by Gasteiger charge is -2.02. The fraction of sp³-hybridized carbons (Fsp3) is 0.125. The summed E-state index contributed by atoms with van der Waals surface area (Å²) in [5.74, 6) is 0. The Morgan fingerprint density at radius 2 is 0.875 bits per heavy atom. The largest absolute Gasteiger partial charge is 0.0683 e. The zero-order valence-corrected chi connectivity index (χ0v) is 9.77. The quantitative estimate of drug-likeness (QED) is 0.455. The van der Waals surface area contributed by atoms with Crippen molar-refractivity contribution in [2.24, 2.45) is 0 Å². The molecule has 3 rings (SSSR count). The summed E-state index contributed by atoms with van der Waals surface area (Å²) in [7, 11) is 0. The summed E-state index contributed by atoms with van der Waals surface area (Å²) in [6, 6.07) is 21.4. The van der Waals surface area contributed by atoms with Crippen molar-refractivity contribution >= 4 is 21.5 Å². The minimum atomic E-state index is 1.31. The first-order valence-corrected chi connectivity index (χ1v) is 5.82. The first-order chi connectivity index (χ1) is 7.95. The molecule has 16 heavy (non-hydrogen) atoms.